The molecule has 86 valence electrons. The first-order valence-corrected chi connectivity index (χ1v) is 6.40. The predicted octanol–water partition coefficient (Wildman–Crippen LogP) is 3.75. The van der Waals surface area contributed by atoms with Crippen LogP contribution < -0.4 is 5.32 Å². The molecule has 0 bridgehead atoms. The van der Waals surface area contributed by atoms with E-state index in [0.717, 1.165) is 36.8 Å². The largest absolute Gasteiger partial charge is 0.316 e. The smallest absolute Gasteiger partial charge is 0.130 e. The number of benzene rings is 1. The molecule has 1 aliphatic heterocycles. The molecule has 1 aromatic rings. The molecular formula is C13H15BrFN. The Hall–Kier alpha value is -0.670. The Labute approximate surface area is 104 Å². The topological polar surface area (TPSA) is 12.0 Å². The van der Waals surface area contributed by atoms with Crippen molar-refractivity contribution >= 4 is 22.0 Å². The summed E-state index contributed by atoms with van der Waals surface area (Å²) in [5.74, 6) is -0.145. The van der Waals surface area contributed by atoms with Crippen molar-refractivity contribution in [2.24, 2.45) is 0 Å². The monoisotopic (exact) mass is 283 g/mol. The molecule has 0 atom stereocenters. The standard InChI is InChI=1S/C13H15BrFN/c14-12-3-4-13(15)11(9-12)8-10-2-1-6-16-7-5-10/h3-4,8-9,16H,1-2,5-7H2/b10-8-. The van der Waals surface area contributed by atoms with Gasteiger partial charge in [0, 0.05) is 10.0 Å². The average Bonchev–Trinajstić information content (AvgIpc) is 2.52. The molecule has 1 aromatic carbocycles. The van der Waals surface area contributed by atoms with E-state index in [1.807, 2.05) is 12.1 Å². The van der Waals surface area contributed by atoms with Gasteiger partial charge in [-0.3, -0.25) is 0 Å². The van der Waals surface area contributed by atoms with Gasteiger partial charge in [0.05, 0.1) is 0 Å². The van der Waals surface area contributed by atoms with Crippen LogP contribution in [0.25, 0.3) is 6.08 Å². The van der Waals surface area contributed by atoms with Crippen molar-refractivity contribution in [3.8, 4) is 0 Å². The van der Waals surface area contributed by atoms with Gasteiger partial charge in [-0.15, -0.1) is 0 Å². The minimum Gasteiger partial charge on any atom is -0.316 e. The zero-order chi connectivity index (χ0) is 11.4. The fraction of sp³-hybridized carbons (Fsp3) is 0.385. The molecule has 2 rings (SSSR count). The summed E-state index contributed by atoms with van der Waals surface area (Å²) in [6.07, 6.45) is 5.22. The average molecular weight is 284 g/mol. The van der Waals surface area contributed by atoms with Gasteiger partial charge in [0.15, 0.2) is 0 Å². The highest BCUT2D eigenvalue weighted by Gasteiger charge is 2.06. The summed E-state index contributed by atoms with van der Waals surface area (Å²) in [5.41, 5.74) is 2.02. The van der Waals surface area contributed by atoms with Crippen LogP contribution in [0.1, 0.15) is 24.8 Å². The fourth-order valence-corrected chi connectivity index (χ4v) is 2.31. The third-order valence-corrected chi connectivity index (χ3v) is 3.29. The normalized spacial score (nSPS) is 19.8. The van der Waals surface area contributed by atoms with E-state index in [9.17, 15) is 4.39 Å². The van der Waals surface area contributed by atoms with Crippen molar-refractivity contribution in [3.05, 3.63) is 39.6 Å². The Kier molecular flexibility index (Phi) is 4.13. The Balaban J connectivity index is 2.22. The van der Waals surface area contributed by atoms with E-state index in [1.54, 1.807) is 6.07 Å². The Morgan fingerprint density at radius 2 is 2.12 bits per heavy atom. The third-order valence-electron chi connectivity index (χ3n) is 2.79. The van der Waals surface area contributed by atoms with Crippen molar-refractivity contribution < 1.29 is 4.39 Å². The van der Waals surface area contributed by atoms with Crippen LogP contribution >= 0.6 is 15.9 Å². The van der Waals surface area contributed by atoms with Crippen molar-refractivity contribution in [1.29, 1.82) is 0 Å². The van der Waals surface area contributed by atoms with Crippen LogP contribution in [0.15, 0.2) is 28.2 Å². The number of hydrogen-bond acceptors (Lipinski definition) is 1. The minimum absolute atomic E-state index is 0.145. The second-order valence-corrected chi connectivity index (χ2v) is 4.99. The molecule has 1 heterocycles. The third kappa shape index (κ3) is 3.16. The Morgan fingerprint density at radius 1 is 1.25 bits per heavy atom. The quantitative estimate of drug-likeness (QED) is 0.828. The highest BCUT2D eigenvalue weighted by atomic mass is 79.9. The molecule has 0 unspecified atom stereocenters. The lowest BCUT2D eigenvalue weighted by Crippen LogP contribution is -2.13. The first-order valence-electron chi connectivity index (χ1n) is 5.61. The molecule has 0 spiro atoms. The van der Waals surface area contributed by atoms with Gasteiger partial charge in [-0.05, 0) is 50.6 Å². The van der Waals surface area contributed by atoms with E-state index >= 15 is 0 Å². The molecule has 1 aliphatic rings. The van der Waals surface area contributed by atoms with Gasteiger partial charge >= 0.3 is 0 Å². The van der Waals surface area contributed by atoms with E-state index < -0.39 is 0 Å². The first kappa shape index (κ1) is 11.8. The zero-order valence-corrected chi connectivity index (χ0v) is 10.7. The molecule has 16 heavy (non-hydrogen) atoms. The minimum atomic E-state index is -0.145. The van der Waals surface area contributed by atoms with Crippen molar-refractivity contribution in [1.82, 2.24) is 5.32 Å². The van der Waals surface area contributed by atoms with E-state index in [1.165, 1.54) is 11.6 Å². The first-order chi connectivity index (χ1) is 7.75. The molecule has 1 fully saturated rings. The van der Waals surface area contributed by atoms with Crippen LogP contribution in [-0.2, 0) is 0 Å². The maximum Gasteiger partial charge on any atom is 0.130 e. The summed E-state index contributed by atoms with van der Waals surface area (Å²) in [5, 5.41) is 3.35. The summed E-state index contributed by atoms with van der Waals surface area (Å²) >= 11 is 3.37. The van der Waals surface area contributed by atoms with E-state index in [4.69, 9.17) is 0 Å². The van der Waals surface area contributed by atoms with E-state index in [0.29, 0.717) is 5.56 Å². The lowest BCUT2D eigenvalue weighted by atomic mass is 10.0. The van der Waals surface area contributed by atoms with Crippen molar-refractivity contribution in [2.45, 2.75) is 19.3 Å². The van der Waals surface area contributed by atoms with Gasteiger partial charge in [0.2, 0.25) is 0 Å². The maximum atomic E-state index is 13.5. The van der Waals surface area contributed by atoms with Gasteiger partial charge in [-0.25, -0.2) is 4.39 Å². The Morgan fingerprint density at radius 3 is 3.00 bits per heavy atom. The zero-order valence-electron chi connectivity index (χ0n) is 9.10. The van der Waals surface area contributed by atoms with Gasteiger partial charge in [-0.2, -0.15) is 0 Å². The van der Waals surface area contributed by atoms with E-state index in [-0.39, 0.29) is 5.82 Å². The molecular weight excluding hydrogens is 269 g/mol. The molecule has 0 aromatic heterocycles. The number of hydrogen-bond donors (Lipinski definition) is 1. The van der Waals surface area contributed by atoms with Gasteiger partial charge in [-0.1, -0.05) is 27.6 Å². The number of rotatable bonds is 1. The second kappa shape index (κ2) is 5.60. The molecule has 1 N–H and O–H groups in total. The van der Waals surface area contributed by atoms with Crippen LogP contribution in [0.5, 0.6) is 0 Å². The molecule has 0 aliphatic carbocycles. The maximum absolute atomic E-state index is 13.5. The second-order valence-electron chi connectivity index (χ2n) is 4.07. The summed E-state index contributed by atoms with van der Waals surface area (Å²) in [6.45, 7) is 2.07. The van der Waals surface area contributed by atoms with Crippen molar-refractivity contribution in [2.75, 3.05) is 13.1 Å². The molecule has 1 saturated heterocycles. The van der Waals surface area contributed by atoms with Gasteiger partial charge in [0.1, 0.15) is 5.82 Å². The molecule has 0 radical (unpaired) electrons. The summed E-state index contributed by atoms with van der Waals surface area (Å²) in [6, 6.07) is 5.07. The SMILES string of the molecule is Fc1ccc(Br)cc1/C=C1/CCCNCC1. The summed E-state index contributed by atoms with van der Waals surface area (Å²) < 4.78 is 14.5. The van der Waals surface area contributed by atoms with Crippen LogP contribution in [0, 0.1) is 5.82 Å². The van der Waals surface area contributed by atoms with Crippen molar-refractivity contribution in [3.63, 3.8) is 0 Å². The van der Waals surface area contributed by atoms with Crippen LogP contribution in [-0.4, -0.2) is 13.1 Å². The molecule has 0 saturated carbocycles. The van der Waals surface area contributed by atoms with Crippen LogP contribution in [0.4, 0.5) is 4.39 Å². The highest BCUT2D eigenvalue weighted by Crippen LogP contribution is 2.21. The van der Waals surface area contributed by atoms with Gasteiger partial charge in [0.25, 0.3) is 0 Å². The molecule has 1 nitrogen and oxygen atoms in total. The molecule has 0 amide bonds. The highest BCUT2D eigenvalue weighted by molar-refractivity contribution is 9.10. The Bertz CT molecular complexity index is 391. The van der Waals surface area contributed by atoms with Crippen LogP contribution in [0.2, 0.25) is 0 Å². The van der Waals surface area contributed by atoms with E-state index in [2.05, 4.69) is 21.2 Å². The predicted molar refractivity (Wildman–Crippen MR) is 68.8 cm³/mol. The summed E-state index contributed by atoms with van der Waals surface area (Å²) in [4.78, 5) is 0. The lowest BCUT2D eigenvalue weighted by molar-refractivity contribution is 0.624. The fourth-order valence-electron chi connectivity index (χ4n) is 1.93. The van der Waals surface area contributed by atoms with Crippen LogP contribution in [0.3, 0.4) is 0 Å². The van der Waals surface area contributed by atoms with Gasteiger partial charge < -0.3 is 5.32 Å². The summed E-state index contributed by atoms with van der Waals surface area (Å²) in [7, 11) is 0. The number of nitrogens with one attached hydrogen (secondary N) is 1. The molecule has 3 heteroatoms. The number of halogens is 2. The lowest BCUT2D eigenvalue weighted by Gasteiger charge is -2.04.